The molecular formula is C29H29N5O7. The summed E-state index contributed by atoms with van der Waals surface area (Å²) in [5.41, 5.74) is 3.36. The molecule has 2 heterocycles. The van der Waals surface area contributed by atoms with Crippen molar-refractivity contribution in [3.8, 4) is 0 Å². The van der Waals surface area contributed by atoms with Crippen LogP contribution < -0.4 is 5.32 Å². The number of nitro groups is 1. The van der Waals surface area contributed by atoms with Gasteiger partial charge in [0.2, 0.25) is 0 Å². The number of oxime groups is 1. The number of imidazole rings is 1. The molecule has 0 spiro atoms. The van der Waals surface area contributed by atoms with Gasteiger partial charge in [-0.15, -0.1) is 0 Å². The van der Waals surface area contributed by atoms with Crippen LogP contribution in [-0.4, -0.2) is 53.0 Å². The Morgan fingerprint density at radius 1 is 1.10 bits per heavy atom. The normalized spacial score (nSPS) is 15.0. The first-order chi connectivity index (χ1) is 19.8. The van der Waals surface area contributed by atoms with Gasteiger partial charge in [-0.1, -0.05) is 41.6 Å². The van der Waals surface area contributed by atoms with E-state index in [-0.39, 0.29) is 30.0 Å². The number of hydrogen-bond donors (Lipinski definition) is 1. The van der Waals surface area contributed by atoms with Gasteiger partial charge >= 0.3 is 11.9 Å². The summed E-state index contributed by atoms with van der Waals surface area (Å²) in [6.07, 6.45) is 6.92. The Kier molecular flexibility index (Phi) is 9.25. The van der Waals surface area contributed by atoms with Crippen molar-refractivity contribution in [3.63, 3.8) is 0 Å². The number of hydrogen-bond acceptors (Lipinski definition) is 10. The van der Waals surface area contributed by atoms with Crippen LogP contribution in [0.25, 0.3) is 0 Å². The third-order valence-corrected chi connectivity index (χ3v) is 6.39. The number of methoxy groups -OCH3 is 1. The van der Waals surface area contributed by atoms with Gasteiger partial charge in [-0.3, -0.25) is 10.1 Å². The number of nitrogens with one attached hydrogen (secondary N) is 1. The van der Waals surface area contributed by atoms with E-state index >= 15 is 0 Å². The van der Waals surface area contributed by atoms with Crippen molar-refractivity contribution in [3.05, 3.63) is 117 Å². The summed E-state index contributed by atoms with van der Waals surface area (Å²) in [5.74, 6) is -2.31. The standard InChI is InChI=1S/C29H29N5O7/c1-19-25(28(35)39-3)27(23-5-4-6-24(15-23)34(37)38)26(20(2)32-19)29(36)40-13-14-41-31-16-21-7-9-22(10-8-21)17-33-12-11-30-18-33/h4-12,15-16,18,27,32H,13-14,17H2,1-3H3/b31-16-. The van der Waals surface area contributed by atoms with Crippen LogP contribution in [-0.2, 0) is 30.4 Å². The Balaban J connectivity index is 1.39. The summed E-state index contributed by atoms with van der Waals surface area (Å²) in [7, 11) is 1.23. The molecule has 0 saturated heterocycles. The molecule has 1 atom stereocenters. The quantitative estimate of drug-likeness (QED) is 0.122. The highest BCUT2D eigenvalue weighted by atomic mass is 16.6. The van der Waals surface area contributed by atoms with Crippen LogP contribution in [0.15, 0.2) is 94.9 Å². The smallest absolute Gasteiger partial charge is 0.336 e. The lowest BCUT2D eigenvalue weighted by atomic mass is 9.80. The van der Waals surface area contributed by atoms with Crippen molar-refractivity contribution in [2.75, 3.05) is 20.3 Å². The van der Waals surface area contributed by atoms with E-state index in [2.05, 4.69) is 15.5 Å². The first-order valence-corrected chi connectivity index (χ1v) is 12.7. The number of dihydropyridines is 1. The fourth-order valence-electron chi connectivity index (χ4n) is 4.50. The molecule has 12 nitrogen and oxygen atoms in total. The Morgan fingerprint density at radius 3 is 2.49 bits per heavy atom. The fourth-order valence-corrected chi connectivity index (χ4v) is 4.50. The number of carbonyl (C=O) groups is 2. The zero-order valence-corrected chi connectivity index (χ0v) is 22.8. The van der Waals surface area contributed by atoms with E-state index in [1.165, 1.54) is 25.3 Å². The van der Waals surface area contributed by atoms with Crippen molar-refractivity contribution < 1.29 is 28.8 Å². The molecule has 1 aliphatic rings. The van der Waals surface area contributed by atoms with E-state index in [4.69, 9.17) is 14.3 Å². The lowest BCUT2D eigenvalue weighted by Crippen LogP contribution is -2.32. The van der Waals surface area contributed by atoms with Crippen LogP contribution in [0, 0.1) is 10.1 Å². The van der Waals surface area contributed by atoms with Gasteiger partial charge in [-0.25, -0.2) is 14.6 Å². The molecule has 0 bridgehead atoms. The average Bonchev–Trinajstić information content (AvgIpc) is 3.48. The van der Waals surface area contributed by atoms with Crippen molar-refractivity contribution in [2.24, 2.45) is 5.16 Å². The monoisotopic (exact) mass is 559 g/mol. The van der Waals surface area contributed by atoms with E-state index in [9.17, 15) is 19.7 Å². The minimum atomic E-state index is -0.938. The van der Waals surface area contributed by atoms with Crippen LogP contribution in [0.3, 0.4) is 0 Å². The Labute approximate surface area is 236 Å². The summed E-state index contributed by atoms with van der Waals surface area (Å²) in [5, 5.41) is 18.4. The first kappa shape index (κ1) is 28.7. The molecule has 4 rings (SSSR count). The van der Waals surface area contributed by atoms with Crippen LogP contribution in [0.5, 0.6) is 0 Å². The second-order valence-electron chi connectivity index (χ2n) is 9.16. The fraction of sp³-hybridized carbons (Fsp3) is 0.241. The van der Waals surface area contributed by atoms with Crippen molar-refractivity contribution in [1.29, 1.82) is 0 Å². The van der Waals surface area contributed by atoms with Gasteiger partial charge in [-0.2, -0.15) is 0 Å². The molecule has 0 amide bonds. The third-order valence-electron chi connectivity index (χ3n) is 6.39. The summed E-state index contributed by atoms with van der Waals surface area (Å²) in [4.78, 5) is 46.1. The van der Waals surface area contributed by atoms with Gasteiger partial charge in [0.15, 0.2) is 6.61 Å². The van der Waals surface area contributed by atoms with Gasteiger partial charge in [0, 0.05) is 42.5 Å². The second kappa shape index (κ2) is 13.2. The molecule has 1 aromatic heterocycles. The summed E-state index contributed by atoms with van der Waals surface area (Å²) in [6.45, 7) is 3.92. The minimum absolute atomic E-state index is 0.0130. The van der Waals surface area contributed by atoms with Crippen LogP contribution >= 0.6 is 0 Å². The number of non-ortho nitro benzene ring substituents is 1. The van der Waals surface area contributed by atoms with Crippen molar-refractivity contribution in [1.82, 2.24) is 14.9 Å². The molecule has 1 N–H and O–H groups in total. The number of carbonyl (C=O) groups excluding carboxylic acids is 2. The van der Waals surface area contributed by atoms with Crippen LogP contribution in [0.2, 0.25) is 0 Å². The van der Waals surface area contributed by atoms with Gasteiger partial charge in [0.05, 0.1) is 41.6 Å². The maximum atomic E-state index is 13.2. The van der Waals surface area contributed by atoms with Gasteiger partial charge in [0.25, 0.3) is 5.69 Å². The number of esters is 2. The lowest BCUT2D eigenvalue weighted by Gasteiger charge is -2.30. The molecule has 0 fully saturated rings. The number of nitro benzene ring substituents is 1. The topological polar surface area (TPSA) is 147 Å². The maximum absolute atomic E-state index is 13.2. The highest BCUT2D eigenvalue weighted by Gasteiger charge is 2.38. The van der Waals surface area contributed by atoms with Crippen LogP contribution in [0.4, 0.5) is 5.69 Å². The van der Waals surface area contributed by atoms with Crippen molar-refractivity contribution >= 4 is 23.8 Å². The number of ether oxygens (including phenoxy) is 2. The number of allylic oxidation sites excluding steroid dienone is 2. The molecule has 0 saturated carbocycles. The molecule has 12 heteroatoms. The predicted molar refractivity (Wildman–Crippen MR) is 149 cm³/mol. The zero-order valence-electron chi connectivity index (χ0n) is 22.8. The number of nitrogens with zero attached hydrogens (tertiary/aromatic N) is 4. The molecule has 3 aromatic rings. The van der Waals surface area contributed by atoms with Crippen molar-refractivity contribution in [2.45, 2.75) is 26.3 Å². The molecule has 0 radical (unpaired) electrons. The molecule has 1 unspecified atom stereocenters. The Bertz CT molecular complexity index is 1510. The van der Waals surface area contributed by atoms with E-state index in [0.29, 0.717) is 23.5 Å². The van der Waals surface area contributed by atoms with E-state index in [1.807, 2.05) is 35.0 Å². The van der Waals surface area contributed by atoms with Gasteiger partial charge in [-0.05, 0) is 30.5 Å². The van der Waals surface area contributed by atoms with Gasteiger partial charge in [0.1, 0.15) is 6.61 Å². The summed E-state index contributed by atoms with van der Waals surface area (Å²) < 4.78 is 12.4. The maximum Gasteiger partial charge on any atom is 0.336 e. The minimum Gasteiger partial charge on any atom is -0.466 e. The first-order valence-electron chi connectivity index (χ1n) is 12.7. The second-order valence-corrected chi connectivity index (χ2v) is 9.16. The predicted octanol–water partition coefficient (Wildman–Crippen LogP) is 3.84. The lowest BCUT2D eigenvalue weighted by molar-refractivity contribution is -0.384. The number of benzene rings is 2. The number of rotatable bonds is 11. The average molecular weight is 560 g/mol. The summed E-state index contributed by atoms with van der Waals surface area (Å²) >= 11 is 0. The Morgan fingerprint density at radius 2 is 1.83 bits per heavy atom. The van der Waals surface area contributed by atoms with Gasteiger partial charge < -0.3 is 24.2 Å². The zero-order chi connectivity index (χ0) is 29.4. The molecule has 2 aromatic carbocycles. The molecule has 212 valence electrons. The Hall–Kier alpha value is -5.26. The SMILES string of the molecule is COC(=O)C1=C(C)NC(C)=C(C(=O)OCCO/N=C\c2ccc(Cn3ccnc3)cc2)C1c1cccc([N+](=O)[O-])c1. The highest BCUT2D eigenvalue weighted by Crippen LogP contribution is 2.40. The van der Waals surface area contributed by atoms with E-state index in [0.717, 1.165) is 11.1 Å². The highest BCUT2D eigenvalue weighted by molar-refractivity contribution is 5.99. The molecule has 0 aliphatic carbocycles. The van der Waals surface area contributed by atoms with E-state index < -0.39 is 22.8 Å². The number of aromatic nitrogens is 2. The largest absolute Gasteiger partial charge is 0.466 e. The molecular weight excluding hydrogens is 530 g/mol. The summed E-state index contributed by atoms with van der Waals surface area (Å²) in [6, 6.07) is 13.6. The molecule has 1 aliphatic heterocycles. The third kappa shape index (κ3) is 7.04. The van der Waals surface area contributed by atoms with Crippen LogP contribution in [0.1, 0.15) is 36.5 Å². The van der Waals surface area contributed by atoms with E-state index in [1.54, 1.807) is 38.7 Å². The molecule has 41 heavy (non-hydrogen) atoms.